The highest BCUT2D eigenvalue weighted by atomic mass is 16.1. The molecule has 1 aliphatic heterocycles. The number of ketones is 1. The van der Waals surface area contributed by atoms with E-state index in [1.165, 1.54) is 0 Å². The molecule has 2 rings (SSSR count). The van der Waals surface area contributed by atoms with Crippen LogP contribution < -0.4 is 0 Å². The second-order valence-corrected chi connectivity index (χ2v) is 5.99. The minimum atomic E-state index is 0.232. The highest BCUT2D eigenvalue weighted by molar-refractivity contribution is 5.97. The summed E-state index contributed by atoms with van der Waals surface area (Å²) < 4.78 is 0. The van der Waals surface area contributed by atoms with Crippen molar-refractivity contribution in [2.75, 3.05) is 33.7 Å². The van der Waals surface area contributed by atoms with Gasteiger partial charge >= 0.3 is 0 Å². The standard InChI is InChI=1S/C16H24N2O/c1-12-6-5-7-14(8-12)16(19)11-18-9-13(2)15(10-18)17(3)4/h5-8,13,15H,9-11H2,1-4H3. The molecule has 0 saturated carbocycles. The van der Waals surface area contributed by atoms with Gasteiger partial charge in [-0.3, -0.25) is 9.69 Å². The zero-order chi connectivity index (χ0) is 14.0. The Morgan fingerprint density at radius 1 is 1.37 bits per heavy atom. The van der Waals surface area contributed by atoms with Gasteiger partial charge < -0.3 is 4.90 Å². The van der Waals surface area contributed by atoms with E-state index in [0.29, 0.717) is 18.5 Å². The molecule has 0 bridgehead atoms. The minimum Gasteiger partial charge on any atom is -0.305 e. The van der Waals surface area contributed by atoms with E-state index in [2.05, 4.69) is 30.8 Å². The molecule has 0 aromatic heterocycles. The zero-order valence-electron chi connectivity index (χ0n) is 12.4. The topological polar surface area (TPSA) is 23.6 Å². The molecule has 1 saturated heterocycles. The van der Waals surface area contributed by atoms with Gasteiger partial charge in [0, 0.05) is 24.7 Å². The fourth-order valence-electron chi connectivity index (χ4n) is 2.96. The van der Waals surface area contributed by atoms with Crippen LogP contribution in [0.15, 0.2) is 24.3 Å². The summed E-state index contributed by atoms with van der Waals surface area (Å²) in [4.78, 5) is 16.8. The second kappa shape index (κ2) is 5.85. The van der Waals surface area contributed by atoms with Crippen molar-refractivity contribution in [3.8, 4) is 0 Å². The highest BCUT2D eigenvalue weighted by Gasteiger charge is 2.31. The third-order valence-electron chi connectivity index (χ3n) is 4.02. The molecular weight excluding hydrogens is 236 g/mol. The van der Waals surface area contributed by atoms with Crippen molar-refractivity contribution < 1.29 is 4.79 Å². The van der Waals surface area contributed by atoms with Crippen molar-refractivity contribution >= 4 is 5.78 Å². The van der Waals surface area contributed by atoms with Crippen LogP contribution in [0.1, 0.15) is 22.8 Å². The van der Waals surface area contributed by atoms with E-state index in [-0.39, 0.29) is 5.78 Å². The van der Waals surface area contributed by atoms with E-state index >= 15 is 0 Å². The van der Waals surface area contributed by atoms with Gasteiger partial charge in [-0.25, -0.2) is 0 Å². The summed E-state index contributed by atoms with van der Waals surface area (Å²) in [6.07, 6.45) is 0. The maximum atomic E-state index is 12.3. The largest absolute Gasteiger partial charge is 0.305 e. The third-order valence-corrected chi connectivity index (χ3v) is 4.02. The van der Waals surface area contributed by atoms with Gasteiger partial charge in [0.2, 0.25) is 0 Å². The molecular formula is C16H24N2O. The van der Waals surface area contributed by atoms with E-state index < -0.39 is 0 Å². The Bertz CT molecular complexity index is 456. The van der Waals surface area contributed by atoms with Crippen LogP contribution in [0.25, 0.3) is 0 Å². The van der Waals surface area contributed by atoms with E-state index in [4.69, 9.17) is 0 Å². The average Bonchev–Trinajstić information content (AvgIpc) is 2.70. The monoisotopic (exact) mass is 260 g/mol. The highest BCUT2D eigenvalue weighted by Crippen LogP contribution is 2.20. The lowest BCUT2D eigenvalue weighted by Crippen LogP contribution is -2.35. The Morgan fingerprint density at radius 2 is 2.11 bits per heavy atom. The van der Waals surface area contributed by atoms with Crippen LogP contribution in [0.3, 0.4) is 0 Å². The average molecular weight is 260 g/mol. The third kappa shape index (κ3) is 3.43. The lowest BCUT2D eigenvalue weighted by molar-refractivity contribution is 0.0941. The van der Waals surface area contributed by atoms with Crippen LogP contribution >= 0.6 is 0 Å². The van der Waals surface area contributed by atoms with E-state index in [0.717, 1.165) is 24.2 Å². The van der Waals surface area contributed by atoms with Crippen LogP contribution in [-0.2, 0) is 0 Å². The van der Waals surface area contributed by atoms with Crippen molar-refractivity contribution in [3.05, 3.63) is 35.4 Å². The smallest absolute Gasteiger partial charge is 0.176 e. The Kier molecular flexibility index (Phi) is 4.38. The molecule has 0 N–H and O–H groups in total. The van der Waals surface area contributed by atoms with Crippen LogP contribution in [0.4, 0.5) is 0 Å². The van der Waals surface area contributed by atoms with Gasteiger partial charge in [0.05, 0.1) is 6.54 Å². The van der Waals surface area contributed by atoms with Crippen molar-refractivity contribution in [1.82, 2.24) is 9.80 Å². The molecule has 0 amide bonds. The second-order valence-electron chi connectivity index (χ2n) is 5.99. The molecule has 1 fully saturated rings. The molecule has 2 atom stereocenters. The number of nitrogens with zero attached hydrogens (tertiary/aromatic N) is 2. The number of Topliss-reactive ketones (excluding diaryl/α,β-unsaturated/α-hetero) is 1. The number of carbonyl (C=O) groups is 1. The van der Waals surface area contributed by atoms with Gasteiger partial charge in [-0.2, -0.15) is 0 Å². The quantitative estimate of drug-likeness (QED) is 0.774. The summed E-state index contributed by atoms with van der Waals surface area (Å²) >= 11 is 0. The predicted octanol–water partition coefficient (Wildman–Crippen LogP) is 2.06. The Balaban J connectivity index is 1.97. The summed E-state index contributed by atoms with van der Waals surface area (Å²) in [5, 5.41) is 0. The Hall–Kier alpha value is -1.19. The SMILES string of the molecule is Cc1cccc(C(=O)CN2CC(C)C(N(C)C)C2)c1. The van der Waals surface area contributed by atoms with Crippen LogP contribution in [0.2, 0.25) is 0 Å². The summed E-state index contributed by atoms with van der Waals surface area (Å²) in [5.74, 6) is 0.857. The maximum absolute atomic E-state index is 12.3. The van der Waals surface area contributed by atoms with E-state index in [1.54, 1.807) is 0 Å². The molecule has 0 radical (unpaired) electrons. The Morgan fingerprint density at radius 3 is 2.68 bits per heavy atom. The predicted molar refractivity (Wildman–Crippen MR) is 78.6 cm³/mol. The van der Waals surface area contributed by atoms with Crippen molar-refractivity contribution in [1.29, 1.82) is 0 Å². The molecule has 0 aliphatic carbocycles. The number of carbonyl (C=O) groups excluding carboxylic acids is 1. The lowest BCUT2D eigenvalue weighted by atomic mass is 10.1. The first-order valence-corrected chi connectivity index (χ1v) is 6.96. The first-order valence-electron chi connectivity index (χ1n) is 6.96. The molecule has 2 unspecified atom stereocenters. The normalized spacial score (nSPS) is 24.1. The number of likely N-dealkylation sites (tertiary alicyclic amines) is 1. The van der Waals surface area contributed by atoms with Gasteiger partial charge in [0.1, 0.15) is 0 Å². The van der Waals surface area contributed by atoms with Crippen molar-refractivity contribution in [2.45, 2.75) is 19.9 Å². The number of hydrogen-bond donors (Lipinski definition) is 0. The van der Waals surface area contributed by atoms with Crippen LogP contribution in [0, 0.1) is 12.8 Å². The fourth-order valence-corrected chi connectivity index (χ4v) is 2.96. The van der Waals surface area contributed by atoms with Gasteiger partial charge in [-0.05, 0) is 33.0 Å². The van der Waals surface area contributed by atoms with Gasteiger partial charge in [-0.1, -0.05) is 30.7 Å². The fraction of sp³-hybridized carbons (Fsp3) is 0.562. The van der Waals surface area contributed by atoms with Crippen molar-refractivity contribution in [2.24, 2.45) is 5.92 Å². The van der Waals surface area contributed by atoms with Gasteiger partial charge in [0.25, 0.3) is 0 Å². The first-order chi connectivity index (χ1) is 8.97. The zero-order valence-corrected chi connectivity index (χ0v) is 12.4. The molecule has 1 aromatic carbocycles. The number of hydrogen-bond acceptors (Lipinski definition) is 3. The number of likely N-dealkylation sites (N-methyl/N-ethyl adjacent to an activating group) is 1. The summed E-state index contributed by atoms with van der Waals surface area (Å²) in [6.45, 7) is 6.84. The maximum Gasteiger partial charge on any atom is 0.176 e. The molecule has 0 spiro atoms. The summed E-state index contributed by atoms with van der Waals surface area (Å²) in [6, 6.07) is 8.43. The first kappa shape index (κ1) is 14.2. The molecule has 3 heteroatoms. The molecule has 104 valence electrons. The molecule has 19 heavy (non-hydrogen) atoms. The van der Waals surface area contributed by atoms with Crippen molar-refractivity contribution in [3.63, 3.8) is 0 Å². The molecule has 1 aliphatic rings. The van der Waals surface area contributed by atoms with E-state index in [1.807, 2.05) is 31.2 Å². The summed E-state index contributed by atoms with van der Waals surface area (Å²) in [7, 11) is 4.24. The number of benzene rings is 1. The number of rotatable bonds is 4. The van der Waals surface area contributed by atoms with Gasteiger partial charge in [0.15, 0.2) is 5.78 Å². The van der Waals surface area contributed by atoms with Crippen LogP contribution in [0.5, 0.6) is 0 Å². The molecule has 1 aromatic rings. The van der Waals surface area contributed by atoms with Gasteiger partial charge in [-0.15, -0.1) is 0 Å². The Labute approximate surface area is 116 Å². The minimum absolute atomic E-state index is 0.232. The number of aryl methyl sites for hydroxylation is 1. The van der Waals surface area contributed by atoms with Crippen LogP contribution in [-0.4, -0.2) is 55.4 Å². The van der Waals surface area contributed by atoms with E-state index in [9.17, 15) is 4.79 Å². The molecule has 1 heterocycles. The molecule has 3 nitrogen and oxygen atoms in total. The summed E-state index contributed by atoms with van der Waals surface area (Å²) in [5.41, 5.74) is 1.98. The lowest BCUT2D eigenvalue weighted by Gasteiger charge is -2.22.